The molecular weight excluding hydrogens is 256 g/mol. The summed E-state index contributed by atoms with van der Waals surface area (Å²) in [6.45, 7) is 4.71. The van der Waals surface area contributed by atoms with E-state index in [9.17, 15) is 9.59 Å². The van der Waals surface area contributed by atoms with Crippen molar-refractivity contribution in [3.63, 3.8) is 0 Å². The Bertz CT molecular complexity index is 704. The second-order valence-electron chi connectivity index (χ2n) is 4.45. The van der Waals surface area contributed by atoms with Crippen LogP contribution >= 0.6 is 0 Å². The van der Waals surface area contributed by atoms with Crippen molar-refractivity contribution in [2.45, 2.75) is 13.8 Å². The number of carbonyl (C=O) groups excluding carboxylic acids is 1. The van der Waals surface area contributed by atoms with Gasteiger partial charge in [0.05, 0.1) is 17.5 Å². The van der Waals surface area contributed by atoms with E-state index in [1.54, 1.807) is 16.8 Å². The van der Waals surface area contributed by atoms with Crippen molar-refractivity contribution in [3.05, 3.63) is 40.2 Å². The lowest BCUT2D eigenvalue weighted by atomic mass is 10.1. The van der Waals surface area contributed by atoms with E-state index in [0.29, 0.717) is 24.3 Å². The summed E-state index contributed by atoms with van der Waals surface area (Å²) in [5, 5.41) is 3.14. The third-order valence-electron chi connectivity index (χ3n) is 3.05. The largest absolute Gasteiger partial charge is 0.494 e. The van der Waals surface area contributed by atoms with Gasteiger partial charge in [-0.1, -0.05) is 0 Å². The van der Waals surface area contributed by atoms with Crippen molar-refractivity contribution in [1.29, 1.82) is 0 Å². The van der Waals surface area contributed by atoms with Crippen LogP contribution in [0.1, 0.15) is 24.2 Å². The first-order valence-corrected chi connectivity index (χ1v) is 6.62. The van der Waals surface area contributed by atoms with Gasteiger partial charge < -0.3 is 14.6 Å². The molecule has 0 saturated heterocycles. The monoisotopic (exact) mass is 274 g/mol. The van der Waals surface area contributed by atoms with Gasteiger partial charge in [-0.25, -0.2) is 0 Å². The average Bonchev–Trinajstić information content (AvgIpc) is 2.43. The van der Waals surface area contributed by atoms with E-state index in [0.717, 1.165) is 5.52 Å². The maximum Gasteiger partial charge on any atom is 0.256 e. The summed E-state index contributed by atoms with van der Waals surface area (Å²) in [4.78, 5) is 24.3. The quantitative estimate of drug-likeness (QED) is 0.923. The number of nitrogens with one attached hydrogen (secondary N) is 1. The molecule has 0 aliphatic rings. The van der Waals surface area contributed by atoms with Crippen LogP contribution in [-0.2, 0) is 7.05 Å². The molecule has 5 nitrogen and oxygen atoms in total. The Morgan fingerprint density at radius 3 is 2.75 bits per heavy atom. The van der Waals surface area contributed by atoms with Crippen molar-refractivity contribution in [2.24, 2.45) is 7.05 Å². The molecule has 1 aromatic heterocycles. The molecule has 0 atom stereocenters. The fraction of sp³-hybridized carbons (Fsp3) is 0.333. The van der Waals surface area contributed by atoms with E-state index < -0.39 is 0 Å². The fourth-order valence-corrected chi connectivity index (χ4v) is 2.15. The summed E-state index contributed by atoms with van der Waals surface area (Å²) in [5.41, 5.74) is 0.646. The van der Waals surface area contributed by atoms with Gasteiger partial charge in [0, 0.05) is 19.8 Å². The van der Waals surface area contributed by atoms with Crippen LogP contribution in [0.3, 0.4) is 0 Å². The van der Waals surface area contributed by atoms with Gasteiger partial charge in [-0.3, -0.25) is 9.59 Å². The number of amides is 1. The number of aryl methyl sites for hydroxylation is 1. The van der Waals surface area contributed by atoms with Crippen LogP contribution in [0.4, 0.5) is 0 Å². The van der Waals surface area contributed by atoms with E-state index in [1.807, 2.05) is 33.0 Å². The highest BCUT2D eigenvalue weighted by Crippen LogP contribution is 2.18. The van der Waals surface area contributed by atoms with E-state index in [4.69, 9.17) is 4.74 Å². The molecular formula is C15H18N2O3. The molecule has 2 rings (SSSR count). The van der Waals surface area contributed by atoms with Gasteiger partial charge in [0.2, 0.25) is 5.43 Å². The first-order valence-electron chi connectivity index (χ1n) is 6.62. The fourth-order valence-electron chi connectivity index (χ4n) is 2.15. The third kappa shape index (κ3) is 2.52. The molecule has 0 unspecified atom stereocenters. The Balaban J connectivity index is 2.66. The number of carbonyl (C=O) groups is 1. The van der Waals surface area contributed by atoms with Crippen LogP contribution in [0.5, 0.6) is 5.75 Å². The summed E-state index contributed by atoms with van der Waals surface area (Å²) >= 11 is 0. The van der Waals surface area contributed by atoms with Crippen LogP contribution in [-0.4, -0.2) is 23.6 Å². The Morgan fingerprint density at radius 2 is 2.10 bits per heavy atom. The minimum atomic E-state index is -0.350. The summed E-state index contributed by atoms with van der Waals surface area (Å²) in [6, 6.07) is 5.32. The lowest BCUT2D eigenvalue weighted by Crippen LogP contribution is -2.29. The molecule has 0 radical (unpaired) electrons. The molecule has 5 heteroatoms. The number of aromatic nitrogens is 1. The molecule has 0 aliphatic heterocycles. The van der Waals surface area contributed by atoms with Crippen LogP contribution in [0.2, 0.25) is 0 Å². The number of rotatable bonds is 4. The average molecular weight is 274 g/mol. The van der Waals surface area contributed by atoms with Gasteiger partial charge >= 0.3 is 0 Å². The summed E-state index contributed by atoms with van der Waals surface area (Å²) in [5.74, 6) is 0.280. The predicted molar refractivity (Wildman–Crippen MR) is 78.4 cm³/mol. The molecule has 20 heavy (non-hydrogen) atoms. The van der Waals surface area contributed by atoms with Crippen LogP contribution < -0.4 is 15.5 Å². The molecule has 2 aromatic rings. The minimum Gasteiger partial charge on any atom is -0.494 e. The molecule has 0 aliphatic carbocycles. The lowest BCUT2D eigenvalue weighted by Gasteiger charge is -2.10. The highest BCUT2D eigenvalue weighted by atomic mass is 16.5. The molecule has 1 amide bonds. The molecule has 0 bridgehead atoms. The Labute approximate surface area is 117 Å². The number of pyridine rings is 1. The molecule has 0 saturated carbocycles. The summed E-state index contributed by atoms with van der Waals surface area (Å²) < 4.78 is 7.18. The van der Waals surface area contributed by atoms with E-state index >= 15 is 0 Å². The summed E-state index contributed by atoms with van der Waals surface area (Å²) in [6.07, 6.45) is 1.57. The second-order valence-corrected chi connectivity index (χ2v) is 4.45. The van der Waals surface area contributed by atoms with Crippen molar-refractivity contribution in [2.75, 3.05) is 13.2 Å². The van der Waals surface area contributed by atoms with Crippen LogP contribution in [0, 0.1) is 0 Å². The highest BCUT2D eigenvalue weighted by Gasteiger charge is 2.14. The van der Waals surface area contributed by atoms with Gasteiger partial charge in [-0.15, -0.1) is 0 Å². The van der Waals surface area contributed by atoms with Gasteiger partial charge in [-0.05, 0) is 32.0 Å². The van der Waals surface area contributed by atoms with Crippen LogP contribution in [0.15, 0.2) is 29.2 Å². The molecule has 0 spiro atoms. The smallest absolute Gasteiger partial charge is 0.256 e. The van der Waals surface area contributed by atoms with Crippen molar-refractivity contribution in [1.82, 2.24) is 9.88 Å². The van der Waals surface area contributed by atoms with Gasteiger partial charge in [-0.2, -0.15) is 0 Å². The maximum absolute atomic E-state index is 12.4. The number of benzene rings is 1. The highest BCUT2D eigenvalue weighted by molar-refractivity contribution is 5.97. The molecule has 0 fully saturated rings. The molecule has 1 heterocycles. The first kappa shape index (κ1) is 14.1. The predicted octanol–water partition coefficient (Wildman–Crippen LogP) is 1.69. The number of hydrogen-bond acceptors (Lipinski definition) is 3. The third-order valence-corrected chi connectivity index (χ3v) is 3.05. The molecule has 1 aromatic carbocycles. The minimum absolute atomic E-state index is 0.149. The van der Waals surface area contributed by atoms with Crippen molar-refractivity contribution >= 4 is 16.8 Å². The Morgan fingerprint density at radius 1 is 1.35 bits per heavy atom. The normalized spacial score (nSPS) is 10.6. The van der Waals surface area contributed by atoms with Gasteiger partial charge in [0.1, 0.15) is 11.3 Å². The first-order chi connectivity index (χ1) is 9.58. The van der Waals surface area contributed by atoms with Crippen molar-refractivity contribution in [3.8, 4) is 5.75 Å². The van der Waals surface area contributed by atoms with Crippen molar-refractivity contribution < 1.29 is 9.53 Å². The van der Waals surface area contributed by atoms with Gasteiger partial charge in [0.15, 0.2) is 0 Å². The summed E-state index contributed by atoms with van der Waals surface area (Å²) in [7, 11) is 1.81. The van der Waals surface area contributed by atoms with Gasteiger partial charge in [0.25, 0.3) is 5.91 Å². The van der Waals surface area contributed by atoms with E-state index in [1.165, 1.54) is 0 Å². The second kappa shape index (κ2) is 5.77. The van der Waals surface area contributed by atoms with Crippen LogP contribution in [0.25, 0.3) is 10.9 Å². The zero-order chi connectivity index (χ0) is 14.7. The SMILES string of the molecule is CCNC(=O)c1cn(C)c2ccc(OCC)cc2c1=O. The van der Waals surface area contributed by atoms with E-state index in [2.05, 4.69) is 5.32 Å². The zero-order valence-electron chi connectivity index (χ0n) is 11.9. The van der Waals surface area contributed by atoms with E-state index in [-0.39, 0.29) is 16.9 Å². The number of fused-ring (bicyclic) bond motifs is 1. The lowest BCUT2D eigenvalue weighted by molar-refractivity contribution is 0.0954. The Kier molecular flexibility index (Phi) is 4.08. The standard InChI is InChI=1S/C15H18N2O3/c1-4-16-15(19)12-9-17(3)13-7-6-10(20-5-2)8-11(13)14(12)18/h6-9H,4-5H2,1-3H3,(H,16,19). The maximum atomic E-state index is 12.4. The topological polar surface area (TPSA) is 60.3 Å². The number of nitrogens with zero attached hydrogens (tertiary/aromatic N) is 1. The molecule has 1 N–H and O–H groups in total. The Hall–Kier alpha value is -2.30. The molecule has 106 valence electrons. The number of hydrogen-bond donors (Lipinski definition) is 1. The number of ether oxygens (including phenoxy) is 1. The zero-order valence-corrected chi connectivity index (χ0v) is 11.9.